The van der Waals surface area contributed by atoms with Crippen molar-refractivity contribution in [1.29, 1.82) is 0 Å². The molecule has 2 N–H and O–H groups in total. The van der Waals surface area contributed by atoms with Gasteiger partial charge in [0.15, 0.2) is 0 Å². The molecule has 23 heavy (non-hydrogen) atoms. The van der Waals surface area contributed by atoms with E-state index in [-0.39, 0.29) is 12.1 Å². The molecule has 0 aliphatic carbocycles. The molecule has 0 saturated carbocycles. The van der Waals surface area contributed by atoms with Gasteiger partial charge in [-0.15, -0.1) is 0 Å². The molecule has 2 aromatic carbocycles. The third-order valence-corrected chi connectivity index (χ3v) is 4.13. The van der Waals surface area contributed by atoms with Crippen LogP contribution < -0.4 is 5.73 Å². The number of fused-ring (bicyclic) bond motifs is 2. The lowest BCUT2D eigenvalue weighted by Gasteiger charge is -2.26. The topological polar surface area (TPSA) is 55.6 Å². The standard InChI is InChI=1S/C19H24N2O2/c1-19(2,3)23-18(22)21-9-8-17(20)16-11-14-7-5-4-6-13(14)10-15(16)12-21/h4-7,10-11,17H,8-9,12,20H2,1-3H3/t17-/m1/s1. The Morgan fingerprint density at radius 1 is 1.22 bits per heavy atom. The first-order valence-corrected chi connectivity index (χ1v) is 8.08. The minimum absolute atomic E-state index is 0.0537. The van der Waals surface area contributed by atoms with E-state index in [1.807, 2.05) is 32.9 Å². The van der Waals surface area contributed by atoms with Crippen LogP contribution >= 0.6 is 0 Å². The predicted molar refractivity (Wildman–Crippen MR) is 92.1 cm³/mol. The number of rotatable bonds is 0. The Morgan fingerprint density at radius 2 is 1.87 bits per heavy atom. The average Bonchev–Trinajstić information content (AvgIpc) is 2.63. The van der Waals surface area contributed by atoms with E-state index in [1.165, 1.54) is 10.8 Å². The number of nitrogens with two attached hydrogens (primary N) is 1. The van der Waals surface area contributed by atoms with Crippen molar-refractivity contribution in [2.75, 3.05) is 6.54 Å². The van der Waals surface area contributed by atoms with E-state index < -0.39 is 5.60 Å². The van der Waals surface area contributed by atoms with Gasteiger partial charge in [-0.25, -0.2) is 4.79 Å². The summed E-state index contributed by atoms with van der Waals surface area (Å²) in [7, 11) is 0. The highest BCUT2D eigenvalue weighted by atomic mass is 16.6. The van der Waals surface area contributed by atoms with Crippen molar-refractivity contribution >= 4 is 16.9 Å². The molecule has 0 unspecified atom stereocenters. The number of benzene rings is 2. The molecular formula is C19H24N2O2. The van der Waals surface area contributed by atoms with E-state index in [0.29, 0.717) is 13.1 Å². The third-order valence-electron chi connectivity index (χ3n) is 4.13. The van der Waals surface area contributed by atoms with Gasteiger partial charge < -0.3 is 15.4 Å². The number of amides is 1. The SMILES string of the molecule is CC(C)(C)OC(=O)N1CC[C@@H](N)c2cc3ccccc3cc2C1. The Morgan fingerprint density at radius 3 is 2.52 bits per heavy atom. The zero-order valence-corrected chi connectivity index (χ0v) is 14.0. The van der Waals surface area contributed by atoms with Crippen molar-refractivity contribution in [1.82, 2.24) is 4.90 Å². The maximum absolute atomic E-state index is 12.4. The van der Waals surface area contributed by atoms with Crippen LogP contribution in [0.1, 0.15) is 44.4 Å². The van der Waals surface area contributed by atoms with E-state index in [9.17, 15) is 4.79 Å². The summed E-state index contributed by atoms with van der Waals surface area (Å²) >= 11 is 0. The molecule has 2 aromatic rings. The summed E-state index contributed by atoms with van der Waals surface area (Å²) in [6, 6.07) is 12.5. The van der Waals surface area contributed by atoms with Crippen LogP contribution in [-0.4, -0.2) is 23.1 Å². The highest BCUT2D eigenvalue weighted by molar-refractivity contribution is 5.84. The molecule has 4 nitrogen and oxygen atoms in total. The van der Waals surface area contributed by atoms with Crippen LogP contribution in [0, 0.1) is 0 Å². The van der Waals surface area contributed by atoms with Gasteiger partial charge in [0.25, 0.3) is 0 Å². The molecule has 1 aliphatic heterocycles. The first kappa shape index (κ1) is 15.8. The van der Waals surface area contributed by atoms with Crippen LogP contribution in [0.15, 0.2) is 36.4 Å². The monoisotopic (exact) mass is 312 g/mol. The van der Waals surface area contributed by atoms with E-state index in [1.54, 1.807) is 4.90 Å². The fourth-order valence-electron chi connectivity index (χ4n) is 3.00. The van der Waals surface area contributed by atoms with Gasteiger partial charge in [-0.2, -0.15) is 0 Å². The summed E-state index contributed by atoms with van der Waals surface area (Å²) in [6.07, 6.45) is 0.468. The smallest absolute Gasteiger partial charge is 0.410 e. The molecule has 0 radical (unpaired) electrons. The minimum Gasteiger partial charge on any atom is -0.444 e. The minimum atomic E-state index is -0.488. The van der Waals surface area contributed by atoms with E-state index in [0.717, 1.165) is 17.5 Å². The van der Waals surface area contributed by atoms with Crippen molar-refractivity contribution in [3.8, 4) is 0 Å². The molecule has 1 amide bonds. The maximum atomic E-state index is 12.4. The van der Waals surface area contributed by atoms with Crippen LogP contribution in [0.3, 0.4) is 0 Å². The highest BCUT2D eigenvalue weighted by Crippen LogP contribution is 2.30. The third kappa shape index (κ3) is 3.48. The number of hydrogen-bond acceptors (Lipinski definition) is 3. The largest absolute Gasteiger partial charge is 0.444 e. The normalized spacial score (nSPS) is 18.4. The van der Waals surface area contributed by atoms with Crippen molar-refractivity contribution < 1.29 is 9.53 Å². The lowest BCUT2D eigenvalue weighted by Crippen LogP contribution is -2.36. The summed E-state index contributed by atoms with van der Waals surface area (Å²) in [5.41, 5.74) is 8.10. The molecule has 1 atom stereocenters. The van der Waals surface area contributed by atoms with Crippen molar-refractivity contribution in [3.05, 3.63) is 47.5 Å². The second-order valence-corrected chi connectivity index (χ2v) is 7.20. The van der Waals surface area contributed by atoms with Gasteiger partial charge >= 0.3 is 6.09 Å². The molecule has 0 fully saturated rings. The predicted octanol–water partition coefficient (Wildman–Crippen LogP) is 3.98. The van der Waals surface area contributed by atoms with Gasteiger partial charge in [0.05, 0.1) is 0 Å². The van der Waals surface area contributed by atoms with Crippen molar-refractivity contribution in [2.45, 2.75) is 45.4 Å². The summed E-state index contributed by atoms with van der Waals surface area (Å²) in [4.78, 5) is 14.2. The van der Waals surface area contributed by atoms with Crippen LogP contribution in [0.4, 0.5) is 4.79 Å². The summed E-state index contributed by atoms with van der Waals surface area (Å²) in [6.45, 7) is 6.81. The second-order valence-electron chi connectivity index (χ2n) is 7.20. The molecule has 0 bridgehead atoms. The van der Waals surface area contributed by atoms with E-state index in [4.69, 9.17) is 10.5 Å². The number of carbonyl (C=O) groups excluding carboxylic acids is 1. The van der Waals surface area contributed by atoms with Gasteiger partial charge in [-0.1, -0.05) is 24.3 Å². The van der Waals surface area contributed by atoms with Crippen LogP contribution in [0.25, 0.3) is 10.8 Å². The molecule has 4 heteroatoms. The first-order valence-electron chi connectivity index (χ1n) is 8.08. The average molecular weight is 312 g/mol. The van der Waals surface area contributed by atoms with Gasteiger partial charge in [0.2, 0.25) is 0 Å². The fraction of sp³-hybridized carbons (Fsp3) is 0.421. The molecule has 0 aromatic heterocycles. The Kier molecular flexibility index (Phi) is 4.02. The van der Waals surface area contributed by atoms with Crippen LogP contribution in [-0.2, 0) is 11.3 Å². The second kappa shape index (κ2) is 5.85. The molecule has 3 rings (SSSR count). The molecule has 1 heterocycles. The van der Waals surface area contributed by atoms with Crippen molar-refractivity contribution in [2.24, 2.45) is 5.73 Å². The first-order chi connectivity index (χ1) is 10.8. The van der Waals surface area contributed by atoms with E-state index in [2.05, 4.69) is 24.3 Å². The molecular weight excluding hydrogens is 288 g/mol. The molecule has 122 valence electrons. The van der Waals surface area contributed by atoms with Crippen LogP contribution in [0.2, 0.25) is 0 Å². The van der Waals surface area contributed by atoms with E-state index >= 15 is 0 Å². The zero-order valence-electron chi connectivity index (χ0n) is 14.0. The van der Waals surface area contributed by atoms with Gasteiger partial charge in [0.1, 0.15) is 5.60 Å². The molecule has 1 aliphatic rings. The Bertz CT molecular complexity index is 734. The Labute approximate surface area is 137 Å². The fourth-order valence-corrected chi connectivity index (χ4v) is 3.00. The summed E-state index contributed by atoms with van der Waals surface area (Å²) < 4.78 is 5.52. The number of carbonyl (C=O) groups is 1. The maximum Gasteiger partial charge on any atom is 0.410 e. The van der Waals surface area contributed by atoms with Crippen LogP contribution in [0.5, 0.6) is 0 Å². The quantitative estimate of drug-likeness (QED) is 0.800. The molecule has 0 spiro atoms. The van der Waals surface area contributed by atoms with Gasteiger partial charge in [-0.05, 0) is 61.2 Å². The molecule has 0 saturated heterocycles. The Balaban J connectivity index is 1.94. The summed E-state index contributed by atoms with van der Waals surface area (Å²) in [5, 5.41) is 2.36. The number of ether oxygens (including phenoxy) is 1. The zero-order chi connectivity index (χ0) is 16.6. The van der Waals surface area contributed by atoms with Gasteiger partial charge in [0, 0.05) is 19.1 Å². The lowest BCUT2D eigenvalue weighted by molar-refractivity contribution is 0.0235. The Hall–Kier alpha value is -2.07. The summed E-state index contributed by atoms with van der Waals surface area (Å²) in [5.74, 6) is 0. The number of hydrogen-bond donors (Lipinski definition) is 1. The lowest BCUT2D eigenvalue weighted by atomic mass is 9.96. The highest BCUT2D eigenvalue weighted by Gasteiger charge is 2.27. The number of nitrogens with zero attached hydrogens (tertiary/aromatic N) is 1. The van der Waals surface area contributed by atoms with Gasteiger partial charge in [-0.3, -0.25) is 0 Å². The van der Waals surface area contributed by atoms with Crippen molar-refractivity contribution in [3.63, 3.8) is 0 Å².